The average Bonchev–Trinajstić information content (AvgIpc) is 3.86. The summed E-state index contributed by atoms with van der Waals surface area (Å²) in [7, 11) is 17.8. The first-order valence-electron chi connectivity index (χ1n) is 21.8. The van der Waals surface area contributed by atoms with E-state index in [0.717, 1.165) is 0 Å². The molecule has 0 heterocycles. The van der Waals surface area contributed by atoms with Crippen molar-refractivity contribution in [2.45, 2.75) is 34.2 Å². The van der Waals surface area contributed by atoms with E-state index in [1.807, 2.05) is 0 Å². The van der Waals surface area contributed by atoms with E-state index in [1.54, 1.807) is 0 Å². The Balaban J connectivity index is 1.21. The minimum atomic E-state index is -5.09. The number of halogens is 2. The molecule has 2 aliphatic rings. The maximum absolute atomic E-state index is 8.91. The van der Waals surface area contributed by atoms with Crippen molar-refractivity contribution >= 4 is 35.1 Å². The first-order chi connectivity index (χ1) is 30.1. The molecule has 2 aliphatic carbocycles. The van der Waals surface area contributed by atoms with Gasteiger partial charge in [0.2, 0.25) is 0 Å². The van der Waals surface area contributed by atoms with Gasteiger partial charge in [0, 0.05) is 0 Å². The van der Waals surface area contributed by atoms with E-state index < -0.39 is 21.5 Å². The monoisotopic (exact) mass is 933 g/mol. The van der Waals surface area contributed by atoms with Gasteiger partial charge in [-0.3, -0.25) is 0 Å². The van der Waals surface area contributed by atoms with E-state index in [-0.39, 0.29) is 7.25 Å². The third-order valence-corrected chi connectivity index (χ3v) is 66.0. The summed E-state index contributed by atoms with van der Waals surface area (Å²) in [5.74, 6) is -1.80. The molecule has 0 amide bonds. The van der Waals surface area contributed by atoms with Crippen molar-refractivity contribution in [2.75, 3.05) is 0 Å². The van der Waals surface area contributed by atoms with Gasteiger partial charge in [0.1, 0.15) is 0 Å². The third kappa shape index (κ3) is 6.65. The average molecular weight is 936 g/mol. The summed E-state index contributed by atoms with van der Waals surface area (Å²) in [6.07, 6.45) is 4.90. The summed E-state index contributed by atoms with van der Waals surface area (Å²) in [6.45, 7) is 9.50. The normalized spacial score (nSPS) is 16.3. The van der Waals surface area contributed by atoms with Gasteiger partial charge in [-0.15, -0.1) is 0 Å². The second-order valence-corrected chi connectivity index (χ2v) is 60.1. The second kappa shape index (κ2) is 16.2. The van der Waals surface area contributed by atoms with E-state index in [0.29, 0.717) is 0 Å². The maximum atomic E-state index is 8.91. The van der Waals surface area contributed by atoms with Crippen LogP contribution in [-0.4, -0.2) is 5.92 Å². The van der Waals surface area contributed by atoms with Gasteiger partial charge in [0.25, 0.3) is 0 Å². The molecule has 8 aromatic rings. The zero-order valence-electron chi connectivity index (χ0n) is 35.6. The molecule has 0 aliphatic heterocycles. The first-order valence-corrected chi connectivity index (χ1v) is 38.1. The molecule has 62 heavy (non-hydrogen) atoms. The molecule has 2 atom stereocenters. The van der Waals surface area contributed by atoms with Crippen LogP contribution in [0, 0.1) is 0 Å². The first kappa shape index (κ1) is 41.0. The number of fused-ring (bicyclic) bond motifs is 2. The Morgan fingerprint density at radius 3 is 0.968 bits per heavy atom. The molecule has 4 heteroatoms. The number of hydrogen-bond acceptors (Lipinski definition) is 0. The molecule has 10 rings (SSSR count). The van der Waals surface area contributed by atoms with Gasteiger partial charge < -0.3 is 0 Å². The molecule has 0 saturated heterocycles. The van der Waals surface area contributed by atoms with Gasteiger partial charge in [-0.05, 0) is 0 Å². The van der Waals surface area contributed by atoms with Crippen molar-refractivity contribution in [1.29, 1.82) is 0 Å². The molecule has 2 unspecified atom stereocenters. The molecule has 0 radical (unpaired) electrons. The molecule has 0 saturated carbocycles. The standard InChI is InChI=1S/2C28H21.C2H7Si.2ClH.Zr/c2*1-20-18-23-16-17-25(22-12-6-3-7-13-22)28(27(23)19-20)26-15-9-8-14-24(26)21-10-4-2-5-11-21;1-3-2;;;/h2*2-19H,1H3;3H,1-2H3;2*1H;/q;;;;;+2/p-2. The number of hydrogen-bond donors (Lipinski definition) is 0. The van der Waals surface area contributed by atoms with Crippen LogP contribution < -0.4 is 0 Å². The van der Waals surface area contributed by atoms with Crippen LogP contribution in [0.2, 0.25) is 13.1 Å². The van der Waals surface area contributed by atoms with Crippen LogP contribution in [0.3, 0.4) is 0 Å². The fraction of sp³-hybridized carbons (Fsp3) is 0.103. The predicted octanol–water partition coefficient (Wildman–Crippen LogP) is 17.3. The van der Waals surface area contributed by atoms with Crippen LogP contribution in [0.15, 0.2) is 205 Å². The molecule has 0 bridgehead atoms. The fourth-order valence-electron chi connectivity index (χ4n) is 10.9. The Hall–Kier alpha value is -5.08. The Morgan fingerprint density at radius 1 is 0.355 bits per heavy atom. The molecular formula is C58H49Cl2SiZr. The quantitative estimate of drug-likeness (QED) is 0.127. The van der Waals surface area contributed by atoms with Gasteiger partial charge in [-0.1, -0.05) is 0 Å². The third-order valence-electron chi connectivity index (χ3n) is 13.8. The molecule has 0 spiro atoms. The van der Waals surface area contributed by atoms with Crippen LogP contribution in [0.4, 0.5) is 0 Å². The summed E-state index contributed by atoms with van der Waals surface area (Å²) in [4.78, 5) is 0. The van der Waals surface area contributed by atoms with E-state index in [2.05, 4.69) is 233 Å². The van der Waals surface area contributed by atoms with Crippen molar-refractivity contribution in [3.8, 4) is 66.8 Å². The van der Waals surface area contributed by atoms with Crippen molar-refractivity contribution in [3.63, 3.8) is 0 Å². The van der Waals surface area contributed by atoms with Gasteiger partial charge in [0.05, 0.1) is 0 Å². The zero-order valence-corrected chi connectivity index (χ0v) is 40.7. The summed E-state index contributed by atoms with van der Waals surface area (Å²) in [5, 5.41) is 0. The topological polar surface area (TPSA) is 0 Å². The second-order valence-electron chi connectivity index (χ2n) is 17.6. The van der Waals surface area contributed by atoms with Crippen LogP contribution in [-0.2, 0) is 15.6 Å². The van der Waals surface area contributed by atoms with Crippen molar-refractivity contribution < 1.29 is 15.6 Å². The van der Waals surface area contributed by atoms with Crippen LogP contribution >= 0.6 is 17.0 Å². The molecule has 8 aromatic carbocycles. The van der Waals surface area contributed by atoms with Gasteiger partial charge in [0.15, 0.2) is 0 Å². The molecule has 0 aromatic heterocycles. The van der Waals surface area contributed by atoms with Crippen molar-refractivity contribution in [2.24, 2.45) is 0 Å². The number of allylic oxidation sites excluding steroid dienone is 2. The summed E-state index contributed by atoms with van der Waals surface area (Å²) in [5.41, 5.74) is 22.3. The minimum absolute atomic E-state index is 0.0398. The SMILES string of the molecule is CC1=Cc2c(ccc(-c3ccccc3)c2-c2ccccc2-c2ccccc2)[CH]1[Zr]([Cl])([Cl])([CH]1C(C)=Cc2c1ccc(-c1ccccc1)c2-c1ccccc1-c1ccccc1)[SiH](C)C. The molecule has 0 fully saturated rings. The van der Waals surface area contributed by atoms with E-state index in [1.165, 1.54) is 100 Å². The summed E-state index contributed by atoms with van der Waals surface area (Å²) in [6, 6.07) is 70.5. The van der Waals surface area contributed by atoms with Crippen LogP contribution in [0.1, 0.15) is 43.4 Å². The molecular weight excluding hydrogens is 887 g/mol. The van der Waals surface area contributed by atoms with Crippen molar-refractivity contribution in [3.05, 3.63) is 228 Å². The summed E-state index contributed by atoms with van der Waals surface area (Å²) >= 11 is -5.09. The Kier molecular flexibility index (Phi) is 10.7. The van der Waals surface area contributed by atoms with Gasteiger partial charge >= 0.3 is 379 Å². The Morgan fingerprint density at radius 2 is 0.645 bits per heavy atom. The van der Waals surface area contributed by atoms with E-state index in [4.69, 9.17) is 17.0 Å². The molecule has 0 N–H and O–H groups in total. The fourth-order valence-corrected chi connectivity index (χ4v) is 43.9. The van der Waals surface area contributed by atoms with Crippen LogP contribution in [0.25, 0.3) is 78.9 Å². The van der Waals surface area contributed by atoms with Crippen LogP contribution in [0.5, 0.6) is 0 Å². The van der Waals surface area contributed by atoms with Gasteiger partial charge in [-0.25, -0.2) is 0 Å². The predicted molar refractivity (Wildman–Crippen MR) is 269 cm³/mol. The molecule has 0 nitrogen and oxygen atoms in total. The molecule has 303 valence electrons. The van der Waals surface area contributed by atoms with Gasteiger partial charge in [-0.2, -0.15) is 0 Å². The zero-order chi connectivity index (χ0) is 42.6. The number of rotatable bonds is 9. The van der Waals surface area contributed by atoms with Crippen molar-refractivity contribution in [1.82, 2.24) is 0 Å². The summed E-state index contributed by atoms with van der Waals surface area (Å²) < 4.78 is -0.0795. The Labute approximate surface area is 376 Å². The van der Waals surface area contributed by atoms with E-state index in [9.17, 15) is 0 Å². The number of benzene rings is 8. The Bertz CT molecular complexity index is 2840. The van der Waals surface area contributed by atoms with E-state index >= 15 is 0 Å².